The number of aromatic nitrogens is 2. The summed E-state index contributed by atoms with van der Waals surface area (Å²) in [5.74, 6) is 0.521. The standard InChI is InChI=1S/C25H30N4O5S/c1-28-23(26-20-10-6-5-9-19(20)25(28)31)13-14-24(30)27-21-17-18(11-12-22(21)34-2)35(32,33)29-15-7-3-4-8-16-29/h5-6,9-12,17H,3-4,7-8,13-16H2,1-2H3,(H,27,30). The molecule has 0 unspecified atom stereocenters. The predicted molar refractivity (Wildman–Crippen MR) is 134 cm³/mol. The number of carbonyl (C=O) groups is 1. The number of amides is 1. The lowest BCUT2D eigenvalue weighted by Gasteiger charge is -2.21. The number of benzene rings is 2. The van der Waals surface area contributed by atoms with Crippen molar-refractivity contribution < 1.29 is 17.9 Å². The largest absolute Gasteiger partial charge is 0.495 e. The molecular formula is C25H30N4O5S. The Morgan fingerprint density at radius 1 is 1.09 bits per heavy atom. The summed E-state index contributed by atoms with van der Waals surface area (Å²) in [6.45, 7) is 0.987. The quantitative estimate of drug-likeness (QED) is 0.536. The first kappa shape index (κ1) is 24.9. The molecule has 2 aromatic carbocycles. The molecule has 1 amide bonds. The van der Waals surface area contributed by atoms with Crippen LogP contribution in [-0.2, 0) is 28.3 Å². The van der Waals surface area contributed by atoms with E-state index in [1.54, 1.807) is 31.3 Å². The van der Waals surface area contributed by atoms with Gasteiger partial charge in [-0.05, 0) is 43.2 Å². The molecule has 1 aliphatic heterocycles. The monoisotopic (exact) mass is 498 g/mol. The molecule has 35 heavy (non-hydrogen) atoms. The Hall–Kier alpha value is -3.24. The van der Waals surface area contributed by atoms with Crippen molar-refractivity contribution in [3.05, 3.63) is 58.6 Å². The zero-order chi connectivity index (χ0) is 25.0. The normalized spacial score (nSPS) is 15.0. The van der Waals surface area contributed by atoms with Crippen molar-refractivity contribution in [1.82, 2.24) is 13.9 Å². The zero-order valence-electron chi connectivity index (χ0n) is 20.0. The smallest absolute Gasteiger partial charge is 0.261 e. The number of sulfonamides is 1. The number of rotatable bonds is 7. The number of carbonyl (C=O) groups excluding carboxylic acids is 1. The Kier molecular flexibility index (Phi) is 7.51. The van der Waals surface area contributed by atoms with E-state index in [-0.39, 0.29) is 34.9 Å². The third-order valence-corrected chi connectivity index (χ3v) is 8.19. The summed E-state index contributed by atoms with van der Waals surface area (Å²) in [6.07, 6.45) is 4.02. The van der Waals surface area contributed by atoms with Crippen LogP contribution in [0.4, 0.5) is 5.69 Å². The van der Waals surface area contributed by atoms with Crippen LogP contribution in [0.2, 0.25) is 0 Å². The highest BCUT2D eigenvalue weighted by atomic mass is 32.2. The molecule has 0 saturated carbocycles. The molecule has 0 bridgehead atoms. The molecule has 1 N–H and O–H groups in total. The lowest BCUT2D eigenvalue weighted by molar-refractivity contribution is -0.116. The van der Waals surface area contributed by atoms with E-state index < -0.39 is 10.0 Å². The second-order valence-electron chi connectivity index (χ2n) is 8.64. The van der Waals surface area contributed by atoms with Crippen LogP contribution in [0.3, 0.4) is 0 Å². The van der Waals surface area contributed by atoms with Gasteiger partial charge in [-0.3, -0.25) is 14.2 Å². The molecule has 1 saturated heterocycles. The minimum Gasteiger partial charge on any atom is -0.495 e. The molecule has 2 heterocycles. The fourth-order valence-corrected chi connectivity index (χ4v) is 5.85. The molecule has 9 nitrogen and oxygen atoms in total. The van der Waals surface area contributed by atoms with E-state index in [0.717, 1.165) is 25.7 Å². The maximum absolute atomic E-state index is 13.2. The van der Waals surface area contributed by atoms with Gasteiger partial charge >= 0.3 is 0 Å². The van der Waals surface area contributed by atoms with Crippen molar-refractivity contribution in [3.63, 3.8) is 0 Å². The van der Waals surface area contributed by atoms with Crippen LogP contribution < -0.4 is 15.6 Å². The van der Waals surface area contributed by atoms with Crippen molar-refractivity contribution in [2.24, 2.45) is 7.05 Å². The van der Waals surface area contributed by atoms with Gasteiger partial charge in [0.25, 0.3) is 5.56 Å². The molecule has 186 valence electrons. The van der Waals surface area contributed by atoms with Gasteiger partial charge in [-0.1, -0.05) is 25.0 Å². The molecule has 10 heteroatoms. The maximum atomic E-state index is 13.2. The first-order valence-electron chi connectivity index (χ1n) is 11.7. The highest BCUT2D eigenvalue weighted by Gasteiger charge is 2.26. The summed E-state index contributed by atoms with van der Waals surface area (Å²) >= 11 is 0. The fraction of sp³-hybridized carbons (Fsp3) is 0.400. The summed E-state index contributed by atoms with van der Waals surface area (Å²) in [5, 5.41) is 3.29. The molecule has 1 aliphatic rings. The van der Waals surface area contributed by atoms with Gasteiger partial charge in [0.1, 0.15) is 11.6 Å². The van der Waals surface area contributed by atoms with E-state index in [4.69, 9.17) is 4.74 Å². The van der Waals surface area contributed by atoms with Gasteiger partial charge in [0.15, 0.2) is 0 Å². The summed E-state index contributed by atoms with van der Waals surface area (Å²) in [5.41, 5.74) is 0.701. The minimum absolute atomic E-state index is 0.0604. The van der Waals surface area contributed by atoms with E-state index in [0.29, 0.717) is 35.6 Å². The average Bonchev–Trinajstić information content (AvgIpc) is 3.16. The summed E-state index contributed by atoms with van der Waals surface area (Å²) in [6, 6.07) is 11.6. The molecule has 0 radical (unpaired) electrons. The summed E-state index contributed by atoms with van der Waals surface area (Å²) < 4.78 is 34.7. The first-order valence-corrected chi connectivity index (χ1v) is 13.2. The molecule has 3 aromatic rings. The van der Waals surface area contributed by atoms with E-state index in [9.17, 15) is 18.0 Å². The van der Waals surface area contributed by atoms with Crippen LogP contribution in [0.25, 0.3) is 10.9 Å². The topological polar surface area (TPSA) is 111 Å². The Morgan fingerprint density at radius 2 is 1.80 bits per heavy atom. The second-order valence-corrected chi connectivity index (χ2v) is 10.6. The number of aryl methyl sites for hydroxylation is 1. The number of nitrogens with zero attached hydrogens (tertiary/aromatic N) is 3. The van der Waals surface area contributed by atoms with Crippen molar-refractivity contribution in [2.75, 3.05) is 25.5 Å². The van der Waals surface area contributed by atoms with Crippen LogP contribution in [0, 0.1) is 0 Å². The second kappa shape index (κ2) is 10.6. The summed E-state index contributed by atoms with van der Waals surface area (Å²) in [4.78, 5) is 30.0. The minimum atomic E-state index is -3.68. The molecule has 0 aliphatic carbocycles. The van der Waals surface area contributed by atoms with E-state index >= 15 is 0 Å². The van der Waals surface area contributed by atoms with Crippen LogP contribution in [0.5, 0.6) is 5.75 Å². The van der Waals surface area contributed by atoms with Gasteiger partial charge < -0.3 is 10.1 Å². The van der Waals surface area contributed by atoms with Crippen molar-refractivity contribution in [3.8, 4) is 5.75 Å². The van der Waals surface area contributed by atoms with E-state index in [2.05, 4.69) is 10.3 Å². The number of hydrogen-bond donors (Lipinski definition) is 1. The Balaban J connectivity index is 1.52. The molecular weight excluding hydrogens is 468 g/mol. The van der Waals surface area contributed by atoms with Gasteiger partial charge in [0.2, 0.25) is 15.9 Å². The maximum Gasteiger partial charge on any atom is 0.261 e. The summed E-state index contributed by atoms with van der Waals surface area (Å²) in [7, 11) is -0.581. The lowest BCUT2D eigenvalue weighted by atomic mass is 10.2. The average molecular weight is 499 g/mol. The van der Waals surface area contributed by atoms with Crippen molar-refractivity contribution in [1.29, 1.82) is 0 Å². The Morgan fingerprint density at radius 3 is 2.51 bits per heavy atom. The van der Waals surface area contributed by atoms with E-state index in [1.165, 1.54) is 28.1 Å². The third-order valence-electron chi connectivity index (χ3n) is 6.30. The van der Waals surface area contributed by atoms with Gasteiger partial charge in [-0.25, -0.2) is 13.4 Å². The number of fused-ring (bicyclic) bond motifs is 1. The van der Waals surface area contributed by atoms with Crippen LogP contribution in [0.1, 0.15) is 37.9 Å². The predicted octanol–water partition coefficient (Wildman–Crippen LogP) is 3.08. The first-order chi connectivity index (χ1) is 16.8. The van der Waals surface area contributed by atoms with E-state index in [1.807, 2.05) is 6.07 Å². The van der Waals surface area contributed by atoms with Gasteiger partial charge in [-0.2, -0.15) is 4.31 Å². The number of anilines is 1. The number of para-hydroxylation sites is 1. The van der Waals surface area contributed by atoms with Crippen LogP contribution in [-0.4, -0.2) is 48.4 Å². The Labute approximate surface area is 204 Å². The van der Waals surface area contributed by atoms with Crippen LogP contribution >= 0.6 is 0 Å². The SMILES string of the molecule is COc1ccc(S(=O)(=O)N2CCCCCC2)cc1NC(=O)CCc1nc2ccccc2c(=O)n1C. The number of nitrogens with one attached hydrogen (secondary N) is 1. The molecule has 4 rings (SSSR count). The molecule has 0 atom stereocenters. The van der Waals surface area contributed by atoms with Gasteiger partial charge in [-0.15, -0.1) is 0 Å². The number of ether oxygens (including phenoxy) is 1. The van der Waals surface area contributed by atoms with Crippen LogP contribution in [0.15, 0.2) is 52.2 Å². The molecule has 1 fully saturated rings. The lowest BCUT2D eigenvalue weighted by Crippen LogP contribution is -2.32. The van der Waals surface area contributed by atoms with Crippen molar-refractivity contribution in [2.45, 2.75) is 43.4 Å². The van der Waals surface area contributed by atoms with Gasteiger partial charge in [0.05, 0.1) is 28.6 Å². The number of methoxy groups -OCH3 is 1. The van der Waals surface area contributed by atoms with Crippen molar-refractivity contribution >= 4 is 32.5 Å². The highest BCUT2D eigenvalue weighted by Crippen LogP contribution is 2.30. The van der Waals surface area contributed by atoms with Gasteiger partial charge in [0, 0.05) is 33.0 Å². The third kappa shape index (κ3) is 5.38. The number of hydrogen-bond acceptors (Lipinski definition) is 6. The fourth-order valence-electron chi connectivity index (χ4n) is 4.30. The molecule has 0 spiro atoms. The Bertz CT molecular complexity index is 1390. The highest BCUT2D eigenvalue weighted by molar-refractivity contribution is 7.89. The zero-order valence-corrected chi connectivity index (χ0v) is 20.8. The molecule has 1 aromatic heterocycles.